The zero-order chi connectivity index (χ0) is 12.5. The number of fused-ring (bicyclic) bond motifs is 1. The summed E-state index contributed by atoms with van der Waals surface area (Å²) < 4.78 is 1.96. The lowest BCUT2D eigenvalue weighted by Crippen LogP contribution is -2.21. The molecule has 0 radical (unpaired) electrons. The molecule has 0 aliphatic carbocycles. The number of carbonyl (C=O) groups is 1. The highest BCUT2D eigenvalue weighted by atomic mass is 16.4. The number of aryl methyl sites for hydroxylation is 1. The standard InChI is InChI=1S/C13H13N3O2/c17-13(18)10-2-1-7-16-8-11(15-12(10)16)9-3-5-14-6-4-9/h3-6,8,10H,1-2,7H2,(H,17,18). The second-order valence-electron chi connectivity index (χ2n) is 4.45. The van der Waals surface area contributed by atoms with Crippen molar-refractivity contribution in [3.05, 3.63) is 36.5 Å². The first-order valence-corrected chi connectivity index (χ1v) is 5.96. The molecule has 18 heavy (non-hydrogen) atoms. The highest BCUT2D eigenvalue weighted by Gasteiger charge is 2.28. The Morgan fingerprint density at radius 1 is 1.39 bits per heavy atom. The second kappa shape index (κ2) is 4.25. The van der Waals surface area contributed by atoms with Gasteiger partial charge in [-0.15, -0.1) is 0 Å². The van der Waals surface area contributed by atoms with Gasteiger partial charge in [0.1, 0.15) is 11.7 Å². The molecule has 5 nitrogen and oxygen atoms in total. The van der Waals surface area contributed by atoms with Crippen LogP contribution in [0.25, 0.3) is 11.3 Å². The highest BCUT2D eigenvalue weighted by molar-refractivity contribution is 5.75. The number of carboxylic acids is 1. The van der Waals surface area contributed by atoms with E-state index in [0.29, 0.717) is 12.2 Å². The average Bonchev–Trinajstić information content (AvgIpc) is 2.83. The van der Waals surface area contributed by atoms with Crippen molar-refractivity contribution < 1.29 is 9.90 Å². The quantitative estimate of drug-likeness (QED) is 0.874. The van der Waals surface area contributed by atoms with E-state index in [0.717, 1.165) is 24.2 Å². The lowest BCUT2D eigenvalue weighted by Gasteiger charge is -2.19. The van der Waals surface area contributed by atoms with Crippen LogP contribution < -0.4 is 0 Å². The van der Waals surface area contributed by atoms with Crippen molar-refractivity contribution in [3.63, 3.8) is 0 Å². The number of aromatic nitrogens is 3. The monoisotopic (exact) mass is 243 g/mol. The predicted octanol–water partition coefficient (Wildman–Crippen LogP) is 1.91. The summed E-state index contributed by atoms with van der Waals surface area (Å²) in [5.74, 6) is -0.599. The Balaban J connectivity index is 2.04. The molecule has 1 N–H and O–H groups in total. The molecular weight excluding hydrogens is 230 g/mol. The summed E-state index contributed by atoms with van der Waals surface area (Å²) in [5, 5.41) is 9.20. The van der Waals surface area contributed by atoms with E-state index < -0.39 is 11.9 Å². The maximum atomic E-state index is 11.2. The lowest BCUT2D eigenvalue weighted by atomic mass is 9.99. The zero-order valence-corrected chi connectivity index (χ0v) is 9.78. The Morgan fingerprint density at radius 2 is 2.17 bits per heavy atom. The summed E-state index contributed by atoms with van der Waals surface area (Å²) in [6.45, 7) is 0.844. The molecule has 3 heterocycles. The number of rotatable bonds is 2. The van der Waals surface area contributed by atoms with Crippen LogP contribution in [0.3, 0.4) is 0 Å². The molecule has 0 spiro atoms. The molecule has 0 aromatic carbocycles. The molecule has 2 aromatic rings. The van der Waals surface area contributed by atoms with Crippen LogP contribution >= 0.6 is 0 Å². The zero-order valence-electron chi connectivity index (χ0n) is 9.78. The van der Waals surface area contributed by atoms with Crippen LogP contribution in [-0.4, -0.2) is 25.6 Å². The smallest absolute Gasteiger partial charge is 0.314 e. The van der Waals surface area contributed by atoms with E-state index in [1.165, 1.54) is 0 Å². The molecule has 1 atom stereocenters. The Bertz CT molecular complexity index is 577. The van der Waals surface area contributed by atoms with Gasteiger partial charge in [-0.3, -0.25) is 9.78 Å². The van der Waals surface area contributed by atoms with Crippen molar-refractivity contribution in [2.45, 2.75) is 25.3 Å². The number of pyridine rings is 1. The van der Waals surface area contributed by atoms with Gasteiger partial charge in [0, 0.05) is 30.7 Å². The normalized spacial score (nSPS) is 18.3. The van der Waals surface area contributed by atoms with E-state index in [9.17, 15) is 9.90 Å². The van der Waals surface area contributed by atoms with E-state index in [-0.39, 0.29) is 0 Å². The topological polar surface area (TPSA) is 68.0 Å². The average molecular weight is 243 g/mol. The van der Waals surface area contributed by atoms with Crippen LogP contribution in [-0.2, 0) is 11.3 Å². The fraction of sp³-hybridized carbons (Fsp3) is 0.308. The lowest BCUT2D eigenvalue weighted by molar-refractivity contribution is -0.139. The number of aliphatic carboxylic acids is 1. The summed E-state index contributed by atoms with van der Waals surface area (Å²) in [5.41, 5.74) is 1.79. The minimum atomic E-state index is -0.789. The van der Waals surface area contributed by atoms with Gasteiger partial charge in [-0.1, -0.05) is 0 Å². The molecule has 3 rings (SSSR count). The molecule has 0 saturated carbocycles. The molecule has 1 aliphatic rings. The predicted molar refractivity (Wildman–Crippen MR) is 65.1 cm³/mol. The van der Waals surface area contributed by atoms with Crippen molar-refractivity contribution in [2.75, 3.05) is 0 Å². The van der Waals surface area contributed by atoms with Gasteiger partial charge in [0.25, 0.3) is 0 Å². The van der Waals surface area contributed by atoms with Gasteiger partial charge >= 0.3 is 5.97 Å². The summed E-state index contributed by atoms with van der Waals surface area (Å²) in [6.07, 6.45) is 6.91. The Hall–Kier alpha value is -2.17. The molecule has 2 aromatic heterocycles. The molecule has 5 heteroatoms. The first kappa shape index (κ1) is 11.0. The highest BCUT2D eigenvalue weighted by Crippen LogP contribution is 2.29. The molecular formula is C13H13N3O2. The fourth-order valence-electron chi connectivity index (χ4n) is 2.38. The maximum Gasteiger partial charge on any atom is 0.314 e. The van der Waals surface area contributed by atoms with Crippen LogP contribution in [0.1, 0.15) is 24.6 Å². The fourth-order valence-corrected chi connectivity index (χ4v) is 2.38. The molecule has 92 valence electrons. The van der Waals surface area contributed by atoms with Crippen molar-refractivity contribution in [1.29, 1.82) is 0 Å². The Kier molecular flexibility index (Phi) is 2.59. The van der Waals surface area contributed by atoms with Crippen LogP contribution in [0, 0.1) is 0 Å². The molecule has 0 bridgehead atoms. The van der Waals surface area contributed by atoms with Crippen molar-refractivity contribution in [3.8, 4) is 11.3 Å². The van der Waals surface area contributed by atoms with Crippen LogP contribution in [0.2, 0.25) is 0 Å². The van der Waals surface area contributed by atoms with E-state index in [1.807, 2.05) is 22.9 Å². The molecule has 1 unspecified atom stereocenters. The SMILES string of the molecule is O=C(O)C1CCCn2cc(-c3ccncc3)nc21. The van der Waals surface area contributed by atoms with E-state index in [1.54, 1.807) is 12.4 Å². The van der Waals surface area contributed by atoms with Crippen molar-refractivity contribution in [2.24, 2.45) is 0 Å². The first-order valence-electron chi connectivity index (χ1n) is 5.96. The third-order valence-electron chi connectivity index (χ3n) is 3.29. The molecule has 0 fully saturated rings. The minimum absolute atomic E-state index is 0.477. The number of hydrogen-bond donors (Lipinski definition) is 1. The van der Waals surface area contributed by atoms with Crippen molar-refractivity contribution >= 4 is 5.97 Å². The second-order valence-corrected chi connectivity index (χ2v) is 4.45. The number of nitrogens with zero attached hydrogens (tertiary/aromatic N) is 3. The summed E-state index contributed by atoms with van der Waals surface area (Å²) in [4.78, 5) is 19.6. The van der Waals surface area contributed by atoms with Crippen molar-refractivity contribution in [1.82, 2.24) is 14.5 Å². The number of imidazole rings is 1. The minimum Gasteiger partial charge on any atom is -0.481 e. The summed E-state index contributed by atoms with van der Waals surface area (Å²) >= 11 is 0. The molecule has 0 saturated heterocycles. The van der Waals surface area contributed by atoms with Gasteiger partial charge in [0.15, 0.2) is 0 Å². The molecule has 1 aliphatic heterocycles. The first-order chi connectivity index (χ1) is 8.75. The van der Waals surface area contributed by atoms with Gasteiger partial charge in [-0.2, -0.15) is 0 Å². The van der Waals surface area contributed by atoms with Crippen LogP contribution in [0.5, 0.6) is 0 Å². The Morgan fingerprint density at radius 3 is 2.89 bits per heavy atom. The largest absolute Gasteiger partial charge is 0.481 e. The molecule has 0 amide bonds. The van der Waals surface area contributed by atoms with E-state index >= 15 is 0 Å². The van der Waals surface area contributed by atoms with Gasteiger partial charge in [0.05, 0.1) is 5.69 Å². The van der Waals surface area contributed by atoms with E-state index in [2.05, 4.69) is 9.97 Å². The van der Waals surface area contributed by atoms with Crippen LogP contribution in [0.4, 0.5) is 0 Å². The van der Waals surface area contributed by atoms with E-state index in [4.69, 9.17) is 0 Å². The van der Waals surface area contributed by atoms with Gasteiger partial charge in [-0.25, -0.2) is 4.98 Å². The number of hydrogen-bond acceptors (Lipinski definition) is 3. The summed E-state index contributed by atoms with van der Waals surface area (Å²) in [6, 6.07) is 3.76. The summed E-state index contributed by atoms with van der Waals surface area (Å²) in [7, 11) is 0. The maximum absolute atomic E-state index is 11.2. The van der Waals surface area contributed by atoms with Gasteiger partial charge < -0.3 is 9.67 Å². The third kappa shape index (κ3) is 1.77. The van der Waals surface area contributed by atoms with Crippen LogP contribution in [0.15, 0.2) is 30.7 Å². The Labute approximate surface area is 104 Å². The number of carboxylic acid groups (broad SMARTS) is 1. The van der Waals surface area contributed by atoms with Gasteiger partial charge in [-0.05, 0) is 25.0 Å². The third-order valence-corrected chi connectivity index (χ3v) is 3.29. The van der Waals surface area contributed by atoms with Gasteiger partial charge in [0.2, 0.25) is 0 Å².